The SMILES string of the molecule is Oc1ccc2ccccc2c1C=Nc1ccc(-c2ncc(-c3ccccc3)o2)cc1. The van der Waals surface area contributed by atoms with Crippen molar-refractivity contribution in [2.45, 2.75) is 0 Å². The molecular weight excluding hydrogens is 372 g/mol. The van der Waals surface area contributed by atoms with Crippen molar-refractivity contribution in [2.75, 3.05) is 0 Å². The third-order valence-electron chi connectivity index (χ3n) is 4.97. The van der Waals surface area contributed by atoms with Gasteiger partial charge in [-0.05, 0) is 41.1 Å². The predicted molar refractivity (Wildman–Crippen MR) is 120 cm³/mol. The Hall–Kier alpha value is -4.18. The van der Waals surface area contributed by atoms with E-state index in [1.54, 1.807) is 18.5 Å². The average Bonchev–Trinajstić information content (AvgIpc) is 3.30. The molecule has 5 aromatic rings. The first-order chi connectivity index (χ1) is 14.8. The quantitative estimate of drug-likeness (QED) is 0.351. The van der Waals surface area contributed by atoms with Gasteiger partial charge in [-0.15, -0.1) is 0 Å². The van der Waals surface area contributed by atoms with Crippen molar-refractivity contribution < 1.29 is 9.52 Å². The minimum atomic E-state index is 0.210. The second kappa shape index (κ2) is 7.68. The topological polar surface area (TPSA) is 58.6 Å². The lowest BCUT2D eigenvalue weighted by atomic mass is 10.0. The standard InChI is InChI=1S/C26H18N2O2/c29-24-15-12-18-6-4-5-9-22(18)23(24)16-27-21-13-10-20(11-14-21)26-28-17-25(30-26)19-7-2-1-3-8-19/h1-17,29H. The van der Waals surface area contributed by atoms with E-state index in [0.29, 0.717) is 11.5 Å². The maximum atomic E-state index is 10.3. The Morgan fingerprint density at radius 3 is 2.37 bits per heavy atom. The Morgan fingerprint density at radius 2 is 1.53 bits per heavy atom. The molecule has 0 aliphatic rings. The van der Waals surface area contributed by atoms with Crippen molar-refractivity contribution >= 4 is 22.7 Å². The summed E-state index contributed by atoms with van der Waals surface area (Å²) in [5, 5.41) is 12.3. The van der Waals surface area contributed by atoms with Gasteiger partial charge in [0.2, 0.25) is 5.89 Å². The number of rotatable bonds is 4. The lowest BCUT2D eigenvalue weighted by molar-refractivity contribution is 0.475. The van der Waals surface area contributed by atoms with E-state index in [2.05, 4.69) is 9.98 Å². The highest BCUT2D eigenvalue weighted by molar-refractivity contribution is 6.03. The molecule has 4 aromatic carbocycles. The van der Waals surface area contributed by atoms with Gasteiger partial charge in [0.05, 0.1) is 11.9 Å². The number of aromatic hydroxyl groups is 1. The van der Waals surface area contributed by atoms with E-state index < -0.39 is 0 Å². The second-order valence-corrected chi connectivity index (χ2v) is 6.92. The zero-order chi connectivity index (χ0) is 20.3. The number of hydrogen-bond acceptors (Lipinski definition) is 4. The molecule has 0 unspecified atom stereocenters. The van der Waals surface area contributed by atoms with Gasteiger partial charge in [0.1, 0.15) is 5.75 Å². The van der Waals surface area contributed by atoms with Gasteiger partial charge in [-0.1, -0.05) is 60.7 Å². The van der Waals surface area contributed by atoms with E-state index in [9.17, 15) is 5.11 Å². The minimum Gasteiger partial charge on any atom is -0.507 e. The van der Waals surface area contributed by atoms with Gasteiger partial charge in [0.15, 0.2) is 5.76 Å². The number of aromatic nitrogens is 1. The fourth-order valence-corrected chi connectivity index (χ4v) is 3.39. The van der Waals surface area contributed by atoms with Crippen molar-refractivity contribution in [3.05, 3.63) is 103 Å². The first kappa shape index (κ1) is 17.9. The first-order valence-electron chi connectivity index (χ1n) is 9.64. The summed E-state index contributed by atoms with van der Waals surface area (Å²) in [5.74, 6) is 1.51. The Labute approximate surface area is 173 Å². The Kier molecular flexibility index (Phi) is 4.58. The van der Waals surface area contributed by atoms with E-state index >= 15 is 0 Å². The van der Waals surface area contributed by atoms with Gasteiger partial charge in [-0.25, -0.2) is 4.98 Å². The monoisotopic (exact) mass is 390 g/mol. The van der Waals surface area contributed by atoms with Gasteiger partial charge in [-0.3, -0.25) is 4.99 Å². The highest BCUT2D eigenvalue weighted by atomic mass is 16.4. The molecule has 0 saturated carbocycles. The maximum absolute atomic E-state index is 10.3. The number of fused-ring (bicyclic) bond motifs is 1. The molecule has 0 aliphatic heterocycles. The molecule has 0 bridgehead atoms. The van der Waals surface area contributed by atoms with Crippen molar-refractivity contribution in [3.63, 3.8) is 0 Å². The van der Waals surface area contributed by atoms with Crippen LogP contribution in [0.5, 0.6) is 5.75 Å². The van der Waals surface area contributed by atoms with Crippen molar-refractivity contribution in [1.82, 2.24) is 4.98 Å². The van der Waals surface area contributed by atoms with E-state index in [4.69, 9.17) is 4.42 Å². The van der Waals surface area contributed by atoms with Crippen LogP contribution in [0.2, 0.25) is 0 Å². The zero-order valence-corrected chi connectivity index (χ0v) is 16.1. The molecule has 30 heavy (non-hydrogen) atoms. The molecular formula is C26H18N2O2. The van der Waals surface area contributed by atoms with Crippen molar-refractivity contribution in [3.8, 4) is 28.5 Å². The van der Waals surface area contributed by atoms with Crippen LogP contribution in [-0.4, -0.2) is 16.3 Å². The molecule has 0 saturated heterocycles. The van der Waals surface area contributed by atoms with Crippen LogP contribution in [0.15, 0.2) is 107 Å². The summed E-state index contributed by atoms with van der Waals surface area (Å²) in [6.45, 7) is 0. The number of aliphatic imine (C=N–C) groups is 1. The summed E-state index contributed by atoms with van der Waals surface area (Å²) in [7, 11) is 0. The van der Waals surface area contributed by atoms with E-state index in [1.165, 1.54) is 0 Å². The van der Waals surface area contributed by atoms with Crippen molar-refractivity contribution in [2.24, 2.45) is 4.99 Å². The van der Waals surface area contributed by atoms with Gasteiger partial charge in [-0.2, -0.15) is 0 Å². The Bertz CT molecular complexity index is 1340. The molecule has 4 heteroatoms. The van der Waals surface area contributed by atoms with Gasteiger partial charge < -0.3 is 9.52 Å². The fourth-order valence-electron chi connectivity index (χ4n) is 3.39. The molecule has 0 spiro atoms. The second-order valence-electron chi connectivity index (χ2n) is 6.92. The minimum absolute atomic E-state index is 0.210. The highest BCUT2D eigenvalue weighted by Gasteiger charge is 2.08. The summed E-state index contributed by atoms with van der Waals surface area (Å²) >= 11 is 0. The molecule has 1 heterocycles. The summed E-state index contributed by atoms with van der Waals surface area (Å²) in [4.78, 5) is 8.93. The Balaban J connectivity index is 1.40. The van der Waals surface area contributed by atoms with Crippen LogP contribution < -0.4 is 0 Å². The molecule has 144 valence electrons. The summed E-state index contributed by atoms with van der Waals surface area (Å²) in [5.41, 5.74) is 3.36. The smallest absolute Gasteiger partial charge is 0.226 e. The number of nitrogens with zero attached hydrogens (tertiary/aromatic N) is 2. The van der Waals surface area contributed by atoms with Gasteiger partial charge in [0.25, 0.3) is 0 Å². The first-order valence-corrected chi connectivity index (χ1v) is 9.64. The van der Waals surface area contributed by atoms with Gasteiger partial charge >= 0.3 is 0 Å². The van der Waals surface area contributed by atoms with Gasteiger partial charge in [0, 0.05) is 22.9 Å². The lowest BCUT2D eigenvalue weighted by Crippen LogP contribution is -1.85. The van der Waals surface area contributed by atoms with Crippen LogP contribution in [0.3, 0.4) is 0 Å². The highest BCUT2D eigenvalue weighted by Crippen LogP contribution is 2.28. The molecule has 0 atom stereocenters. The Morgan fingerprint density at radius 1 is 0.767 bits per heavy atom. The van der Waals surface area contributed by atoms with Crippen LogP contribution >= 0.6 is 0 Å². The third-order valence-corrected chi connectivity index (χ3v) is 4.97. The van der Waals surface area contributed by atoms with E-state index in [0.717, 1.165) is 33.3 Å². The number of oxazole rings is 1. The number of phenolic OH excluding ortho intramolecular Hbond substituents is 1. The molecule has 1 aromatic heterocycles. The van der Waals surface area contributed by atoms with Crippen LogP contribution in [0, 0.1) is 0 Å². The molecule has 0 amide bonds. The molecule has 1 N–H and O–H groups in total. The summed E-state index contributed by atoms with van der Waals surface area (Å²) in [6.07, 6.45) is 3.44. The zero-order valence-electron chi connectivity index (χ0n) is 16.1. The number of benzene rings is 4. The third kappa shape index (κ3) is 3.47. The molecule has 0 fully saturated rings. The van der Waals surface area contributed by atoms with Crippen LogP contribution in [-0.2, 0) is 0 Å². The summed E-state index contributed by atoms with van der Waals surface area (Å²) < 4.78 is 5.91. The maximum Gasteiger partial charge on any atom is 0.226 e. The normalized spacial score (nSPS) is 11.3. The van der Waals surface area contributed by atoms with Crippen LogP contribution in [0.1, 0.15) is 5.56 Å². The average molecular weight is 390 g/mol. The van der Waals surface area contributed by atoms with Crippen LogP contribution in [0.25, 0.3) is 33.6 Å². The lowest BCUT2D eigenvalue weighted by Gasteiger charge is -2.04. The molecule has 0 aliphatic carbocycles. The fraction of sp³-hybridized carbons (Fsp3) is 0. The number of phenols is 1. The van der Waals surface area contributed by atoms with Crippen molar-refractivity contribution in [1.29, 1.82) is 0 Å². The molecule has 4 nitrogen and oxygen atoms in total. The number of hydrogen-bond donors (Lipinski definition) is 1. The van der Waals surface area contributed by atoms with E-state index in [-0.39, 0.29) is 5.75 Å². The van der Waals surface area contributed by atoms with E-state index in [1.807, 2.05) is 84.9 Å². The predicted octanol–water partition coefficient (Wildman–Crippen LogP) is 6.62. The molecule has 5 rings (SSSR count). The van der Waals surface area contributed by atoms with Crippen LogP contribution in [0.4, 0.5) is 5.69 Å². The molecule has 0 radical (unpaired) electrons. The summed E-state index contributed by atoms with van der Waals surface area (Å²) in [6, 6.07) is 29.1. The largest absolute Gasteiger partial charge is 0.507 e.